The highest BCUT2D eigenvalue weighted by Gasteiger charge is 2.16. The Kier molecular flexibility index (Phi) is 4.16. The van der Waals surface area contributed by atoms with Crippen molar-refractivity contribution in [1.82, 2.24) is 14.9 Å². The van der Waals surface area contributed by atoms with Crippen LogP contribution in [0.2, 0.25) is 0 Å². The van der Waals surface area contributed by atoms with E-state index in [4.69, 9.17) is 10.5 Å². The van der Waals surface area contributed by atoms with Gasteiger partial charge < -0.3 is 10.5 Å². The molecule has 0 spiro atoms. The summed E-state index contributed by atoms with van der Waals surface area (Å²) in [6.45, 7) is 0.0584. The maximum atomic E-state index is 12.1. The van der Waals surface area contributed by atoms with Crippen molar-refractivity contribution in [3.05, 3.63) is 42.2 Å². The van der Waals surface area contributed by atoms with Gasteiger partial charge in [0.25, 0.3) is 0 Å². The number of hydrogen-bond donors (Lipinski definition) is 2. The molecule has 1 heterocycles. The maximum absolute atomic E-state index is 12.1. The first-order valence-corrected chi connectivity index (χ1v) is 7.21. The molecule has 2 rings (SSSR count). The van der Waals surface area contributed by atoms with Crippen LogP contribution in [-0.4, -0.2) is 25.7 Å². The Balaban J connectivity index is 2.18. The molecule has 20 heavy (non-hydrogen) atoms. The second kappa shape index (κ2) is 5.85. The fraction of sp³-hybridized carbons (Fsp3) is 0.167. The highest BCUT2D eigenvalue weighted by molar-refractivity contribution is 7.89. The maximum Gasteiger partial charge on any atom is 0.241 e. The molecule has 0 amide bonds. The van der Waals surface area contributed by atoms with Gasteiger partial charge in [-0.2, -0.15) is 10.2 Å². The molecule has 0 saturated heterocycles. The van der Waals surface area contributed by atoms with Crippen molar-refractivity contribution < 1.29 is 13.2 Å². The number of nitrogens with two attached hydrogens (primary N) is 1. The van der Waals surface area contributed by atoms with E-state index in [0.717, 1.165) is 0 Å². The third-order valence-corrected chi connectivity index (χ3v) is 3.98. The lowest BCUT2D eigenvalue weighted by atomic mass is 10.3. The average molecular weight is 294 g/mol. The van der Waals surface area contributed by atoms with Gasteiger partial charge in [0, 0.05) is 12.3 Å². The summed E-state index contributed by atoms with van der Waals surface area (Å²) in [7, 11) is -2.24. The van der Waals surface area contributed by atoms with Crippen LogP contribution in [-0.2, 0) is 16.6 Å². The number of methoxy groups -OCH3 is 1. The molecular formula is C12H14N4O3S. The Morgan fingerprint density at radius 3 is 2.80 bits per heavy atom. The monoisotopic (exact) mass is 294 g/mol. The van der Waals surface area contributed by atoms with E-state index >= 15 is 0 Å². The van der Waals surface area contributed by atoms with Gasteiger partial charge >= 0.3 is 0 Å². The van der Waals surface area contributed by atoms with Gasteiger partial charge in [-0.25, -0.2) is 13.1 Å². The first-order chi connectivity index (χ1) is 9.53. The Morgan fingerprint density at radius 2 is 2.15 bits per heavy atom. The van der Waals surface area contributed by atoms with Crippen molar-refractivity contribution in [2.45, 2.75) is 11.4 Å². The molecule has 0 atom stereocenters. The van der Waals surface area contributed by atoms with Crippen molar-refractivity contribution in [3.8, 4) is 5.75 Å². The normalized spacial score (nSPS) is 11.2. The van der Waals surface area contributed by atoms with Gasteiger partial charge in [-0.3, -0.25) is 0 Å². The van der Waals surface area contributed by atoms with Crippen LogP contribution in [0, 0.1) is 0 Å². The van der Waals surface area contributed by atoms with Gasteiger partial charge in [0.2, 0.25) is 10.0 Å². The number of anilines is 1. The third-order valence-electron chi connectivity index (χ3n) is 2.59. The number of rotatable bonds is 5. The molecule has 7 nitrogen and oxygen atoms in total. The zero-order valence-corrected chi connectivity index (χ0v) is 11.6. The lowest BCUT2D eigenvalue weighted by Crippen LogP contribution is -2.24. The minimum absolute atomic E-state index is 0.0584. The smallest absolute Gasteiger partial charge is 0.241 e. The third kappa shape index (κ3) is 3.22. The summed E-state index contributed by atoms with van der Waals surface area (Å²) in [4.78, 5) is 0.0763. The predicted molar refractivity (Wildman–Crippen MR) is 73.5 cm³/mol. The highest BCUT2D eigenvalue weighted by atomic mass is 32.2. The first-order valence-electron chi connectivity index (χ1n) is 5.72. The number of nitrogens with one attached hydrogen (secondary N) is 1. The second-order valence-electron chi connectivity index (χ2n) is 3.94. The lowest BCUT2D eigenvalue weighted by Gasteiger charge is -2.09. The molecule has 2 aromatic rings. The van der Waals surface area contributed by atoms with Crippen LogP contribution in [0.15, 0.2) is 41.4 Å². The van der Waals surface area contributed by atoms with Crippen LogP contribution in [0.4, 0.5) is 5.69 Å². The fourth-order valence-corrected chi connectivity index (χ4v) is 2.55. The molecule has 0 aliphatic heterocycles. The predicted octanol–water partition coefficient (Wildman–Crippen LogP) is 0.546. The first kappa shape index (κ1) is 14.2. The van der Waals surface area contributed by atoms with E-state index in [1.54, 1.807) is 12.1 Å². The largest absolute Gasteiger partial charge is 0.495 e. The molecule has 0 aliphatic carbocycles. The van der Waals surface area contributed by atoms with Crippen LogP contribution < -0.4 is 15.2 Å². The number of hydrogen-bond acceptors (Lipinski definition) is 6. The van der Waals surface area contributed by atoms with Crippen LogP contribution in [0.5, 0.6) is 5.75 Å². The summed E-state index contributed by atoms with van der Waals surface area (Å²) in [6, 6.07) is 7.63. The highest BCUT2D eigenvalue weighted by Crippen LogP contribution is 2.24. The molecule has 0 fully saturated rings. The van der Waals surface area contributed by atoms with E-state index < -0.39 is 10.0 Å². The molecule has 0 radical (unpaired) electrons. The van der Waals surface area contributed by atoms with Crippen molar-refractivity contribution >= 4 is 15.7 Å². The fourth-order valence-electron chi connectivity index (χ4n) is 1.54. The Bertz CT molecular complexity index is 689. The molecule has 0 bridgehead atoms. The molecule has 3 N–H and O–H groups in total. The van der Waals surface area contributed by atoms with E-state index in [1.165, 1.54) is 31.5 Å². The molecular weight excluding hydrogens is 280 g/mol. The summed E-state index contributed by atoms with van der Waals surface area (Å²) in [5.74, 6) is 0.312. The molecule has 1 aromatic carbocycles. The number of benzene rings is 1. The standard InChI is InChI=1S/C12H14N4O3S/c1-19-12-7-10(4-5-11(12)13)20(17,18)15-8-9-3-2-6-14-16-9/h2-7,15H,8,13H2,1H3. The number of sulfonamides is 1. The lowest BCUT2D eigenvalue weighted by molar-refractivity contribution is 0.415. The van der Waals surface area contributed by atoms with Crippen molar-refractivity contribution in [3.63, 3.8) is 0 Å². The van der Waals surface area contributed by atoms with Gasteiger partial charge in [0.1, 0.15) is 5.75 Å². The van der Waals surface area contributed by atoms with Crippen LogP contribution in [0.1, 0.15) is 5.69 Å². The zero-order valence-electron chi connectivity index (χ0n) is 10.8. The van der Waals surface area contributed by atoms with Crippen LogP contribution in [0.25, 0.3) is 0 Å². The van der Waals surface area contributed by atoms with Crippen LogP contribution >= 0.6 is 0 Å². The van der Waals surface area contributed by atoms with E-state index in [2.05, 4.69) is 14.9 Å². The number of nitrogen functional groups attached to an aromatic ring is 1. The van der Waals surface area contributed by atoms with Crippen molar-refractivity contribution in [2.75, 3.05) is 12.8 Å². The molecule has 0 aliphatic rings. The molecule has 0 unspecified atom stereocenters. The van der Waals surface area contributed by atoms with Gasteiger partial charge in [-0.1, -0.05) is 0 Å². The number of ether oxygens (including phenoxy) is 1. The van der Waals surface area contributed by atoms with Gasteiger partial charge in [0.05, 0.1) is 29.9 Å². The van der Waals surface area contributed by atoms with E-state index in [0.29, 0.717) is 17.1 Å². The van der Waals surface area contributed by atoms with E-state index in [1.807, 2.05) is 0 Å². The average Bonchev–Trinajstić information content (AvgIpc) is 2.46. The minimum atomic E-state index is -3.66. The van der Waals surface area contributed by atoms with Crippen LogP contribution in [0.3, 0.4) is 0 Å². The van der Waals surface area contributed by atoms with E-state index in [9.17, 15) is 8.42 Å². The molecule has 0 saturated carbocycles. The molecule has 1 aromatic heterocycles. The van der Waals surface area contributed by atoms with E-state index in [-0.39, 0.29) is 11.4 Å². The summed E-state index contributed by atoms with van der Waals surface area (Å²) >= 11 is 0. The summed E-state index contributed by atoms with van der Waals surface area (Å²) in [6.07, 6.45) is 1.52. The summed E-state index contributed by atoms with van der Waals surface area (Å²) in [5.41, 5.74) is 6.55. The Labute approximate surface area is 116 Å². The van der Waals surface area contributed by atoms with Gasteiger partial charge in [-0.05, 0) is 24.3 Å². The van der Waals surface area contributed by atoms with Gasteiger partial charge in [0.15, 0.2) is 0 Å². The Morgan fingerprint density at radius 1 is 1.35 bits per heavy atom. The molecule has 106 valence electrons. The number of nitrogens with zero attached hydrogens (tertiary/aromatic N) is 2. The summed E-state index contributed by atoms with van der Waals surface area (Å²) < 4.78 is 31.7. The SMILES string of the molecule is COc1cc(S(=O)(=O)NCc2cccnn2)ccc1N. The quantitative estimate of drug-likeness (QED) is 0.780. The van der Waals surface area contributed by atoms with Crippen molar-refractivity contribution in [1.29, 1.82) is 0 Å². The van der Waals surface area contributed by atoms with Gasteiger partial charge in [-0.15, -0.1) is 0 Å². The second-order valence-corrected chi connectivity index (χ2v) is 5.71. The zero-order chi connectivity index (χ0) is 14.6. The minimum Gasteiger partial charge on any atom is -0.495 e. The molecule has 8 heteroatoms. The summed E-state index contributed by atoms with van der Waals surface area (Å²) in [5, 5.41) is 7.48. The topological polar surface area (TPSA) is 107 Å². The Hall–Kier alpha value is -2.19. The van der Waals surface area contributed by atoms with Crippen molar-refractivity contribution in [2.24, 2.45) is 0 Å². The number of aromatic nitrogens is 2.